The van der Waals surface area contributed by atoms with Gasteiger partial charge >= 0.3 is 12.2 Å². The molecular weight excluding hydrogens is 236 g/mol. The first-order valence-corrected chi connectivity index (χ1v) is 6.31. The molecule has 1 N–H and O–H groups in total. The lowest BCUT2D eigenvalue weighted by Gasteiger charge is -2.30. The Morgan fingerprint density at radius 2 is 2.22 bits per heavy atom. The van der Waals surface area contributed by atoms with E-state index in [0.29, 0.717) is 13.1 Å². The molecule has 6 heteroatoms. The van der Waals surface area contributed by atoms with Gasteiger partial charge in [-0.1, -0.05) is 0 Å². The minimum atomic E-state index is -0.505. The fraction of sp³-hybridized carbons (Fsp3) is 0.833. The molecule has 2 fully saturated rings. The minimum Gasteiger partial charge on any atom is -0.444 e. The number of carbonyl (C=O) groups is 2. The van der Waals surface area contributed by atoms with E-state index in [1.807, 2.05) is 20.8 Å². The third kappa shape index (κ3) is 2.86. The molecular formula is C12H20N2O4. The maximum atomic E-state index is 12.1. The van der Waals surface area contributed by atoms with E-state index in [1.165, 1.54) is 0 Å². The standard InChI is InChI=1S/C12H20N2O4/c1-12(2,3)18-11(16)14-6-4-5-8(14)9-7-13-10(15)17-9/h8-9H,4-7H2,1-3H3,(H,13,15). The largest absolute Gasteiger partial charge is 0.444 e. The number of ether oxygens (including phenoxy) is 2. The molecule has 0 aromatic heterocycles. The van der Waals surface area contributed by atoms with E-state index in [-0.39, 0.29) is 18.2 Å². The van der Waals surface area contributed by atoms with E-state index >= 15 is 0 Å². The second-order valence-corrected chi connectivity index (χ2v) is 5.71. The van der Waals surface area contributed by atoms with Crippen LogP contribution in [-0.4, -0.2) is 47.9 Å². The van der Waals surface area contributed by atoms with E-state index in [2.05, 4.69) is 5.32 Å². The van der Waals surface area contributed by atoms with Gasteiger partial charge in [-0.05, 0) is 33.6 Å². The second kappa shape index (κ2) is 4.66. The summed E-state index contributed by atoms with van der Waals surface area (Å²) >= 11 is 0. The SMILES string of the molecule is CC(C)(C)OC(=O)N1CCCC1C1CNC(=O)O1. The molecule has 0 spiro atoms. The number of amides is 2. The van der Waals surface area contributed by atoms with Crippen LogP contribution in [0.2, 0.25) is 0 Å². The van der Waals surface area contributed by atoms with Gasteiger partial charge in [-0.15, -0.1) is 0 Å². The number of rotatable bonds is 1. The Morgan fingerprint density at radius 3 is 2.78 bits per heavy atom. The van der Waals surface area contributed by atoms with Crippen molar-refractivity contribution in [2.24, 2.45) is 0 Å². The van der Waals surface area contributed by atoms with Crippen LogP contribution in [0.3, 0.4) is 0 Å². The van der Waals surface area contributed by atoms with Crippen molar-refractivity contribution in [3.63, 3.8) is 0 Å². The highest BCUT2D eigenvalue weighted by Gasteiger charge is 2.41. The van der Waals surface area contributed by atoms with E-state index < -0.39 is 11.7 Å². The van der Waals surface area contributed by atoms with Gasteiger partial charge in [0, 0.05) is 6.54 Å². The van der Waals surface area contributed by atoms with Gasteiger partial charge in [-0.2, -0.15) is 0 Å². The van der Waals surface area contributed by atoms with Crippen LogP contribution in [0, 0.1) is 0 Å². The van der Waals surface area contributed by atoms with Crippen molar-refractivity contribution >= 4 is 12.2 Å². The number of hydrogen-bond acceptors (Lipinski definition) is 4. The average molecular weight is 256 g/mol. The van der Waals surface area contributed by atoms with Crippen molar-refractivity contribution in [1.82, 2.24) is 10.2 Å². The fourth-order valence-corrected chi connectivity index (χ4v) is 2.35. The summed E-state index contributed by atoms with van der Waals surface area (Å²) in [6.45, 7) is 6.64. The van der Waals surface area contributed by atoms with E-state index in [1.54, 1.807) is 4.90 Å². The van der Waals surface area contributed by atoms with Gasteiger partial charge in [-0.3, -0.25) is 0 Å². The van der Waals surface area contributed by atoms with Crippen LogP contribution in [0.4, 0.5) is 9.59 Å². The number of nitrogens with one attached hydrogen (secondary N) is 1. The topological polar surface area (TPSA) is 67.9 Å². The van der Waals surface area contributed by atoms with E-state index in [9.17, 15) is 9.59 Å². The van der Waals surface area contributed by atoms with Crippen LogP contribution in [0.1, 0.15) is 33.6 Å². The first-order chi connectivity index (χ1) is 8.37. The Hall–Kier alpha value is -1.46. The highest BCUT2D eigenvalue weighted by atomic mass is 16.6. The number of carbonyl (C=O) groups excluding carboxylic acids is 2. The summed E-state index contributed by atoms with van der Waals surface area (Å²) in [5, 5.41) is 2.61. The molecule has 2 amide bonds. The summed E-state index contributed by atoms with van der Waals surface area (Å²) in [6, 6.07) is -0.0706. The first-order valence-electron chi connectivity index (χ1n) is 6.31. The zero-order chi connectivity index (χ0) is 13.3. The summed E-state index contributed by atoms with van der Waals surface area (Å²) in [6.07, 6.45) is 0.771. The number of cyclic esters (lactones) is 1. The van der Waals surface area contributed by atoms with E-state index in [4.69, 9.17) is 9.47 Å². The first kappa shape index (κ1) is 13.0. The predicted octanol–water partition coefficient (Wildman–Crippen LogP) is 1.49. The van der Waals surface area contributed by atoms with Gasteiger partial charge in [-0.25, -0.2) is 9.59 Å². The van der Waals surface area contributed by atoms with Gasteiger partial charge in [0.1, 0.15) is 11.7 Å². The Kier molecular flexibility index (Phi) is 3.36. The Morgan fingerprint density at radius 1 is 1.50 bits per heavy atom. The molecule has 2 unspecified atom stereocenters. The Balaban J connectivity index is 1.99. The highest BCUT2D eigenvalue weighted by Crippen LogP contribution is 2.25. The average Bonchev–Trinajstić information content (AvgIpc) is 2.81. The van der Waals surface area contributed by atoms with Crippen molar-refractivity contribution in [2.75, 3.05) is 13.1 Å². The van der Waals surface area contributed by atoms with Crippen LogP contribution < -0.4 is 5.32 Å². The molecule has 2 atom stereocenters. The summed E-state index contributed by atoms with van der Waals surface area (Å²) in [5.74, 6) is 0. The smallest absolute Gasteiger partial charge is 0.410 e. The number of hydrogen-bond donors (Lipinski definition) is 1. The normalized spacial score (nSPS) is 27.9. The molecule has 2 rings (SSSR count). The molecule has 2 saturated heterocycles. The molecule has 0 aromatic carbocycles. The molecule has 0 aliphatic carbocycles. The summed E-state index contributed by atoms with van der Waals surface area (Å²) < 4.78 is 10.5. The van der Waals surface area contributed by atoms with Crippen molar-refractivity contribution in [1.29, 1.82) is 0 Å². The Bertz CT molecular complexity index is 350. The van der Waals surface area contributed by atoms with Gasteiger partial charge in [0.05, 0.1) is 12.6 Å². The van der Waals surface area contributed by atoms with Crippen LogP contribution in [0.15, 0.2) is 0 Å². The molecule has 0 bridgehead atoms. The lowest BCUT2D eigenvalue weighted by Crippen LogP contribution is -2.46. The molecule has 0 saturated carbocycles. The predicted molar refractivity (Wildman–Crippen MR) is 64.2 cm³/mol. The van der Waals surface area contributed by atoms with Gasteiger partial charge in [0.2, 0.25) is 0 Å². The van der Waals surface area contributed by atoms with Gasteiger partial charge in [0.25, 0.3) is 0 Å². The summed E-state index contributed by atoms with van der Waals surface area (Å²) in [4.78, 5) is 24.8. The summed E-state index contributed by atoms with van der Waals surface area (Å²) in [7, 11) is 0. The minimum absolute atomic E-state index is 0.0706. The summed E-state index contributed by atoms with van der Waals surface area (Å²) in [5.41, 5.74) is -0.505. The van der Waals surface area contributed by atoms with Crippen molar-refractivity contribution < 1.29 is 19.1 Å². The van der Waals surface area contributed by atoms with Crippen molar-refractivity contribution in [2.45, 2.75) is 51.4 Å². The molecule has 2 aliphatic rings. The van der Waals surface area contributed by atoms with Crippen LogP contribution in [0.5, 0.6) is 0 Å². The molecule has 0 aromatic rings. The molecule has 0 radical (unpaired) electrons. The quantitative estimate of drug-likeness (QED) is 0.772. The van der Waals surface area contributed by atoms with Crippen LogP contribution >= 0.6 is 0 Å². The fourth-order valence-electron chi connectivity index (χ4n) is 2.35. The lowest BCUT2D eigenvalue weighted by atomic mass is 10.1. The van der Waals surface area contributed by atoms with Gasteiger partial charge in [0.15, 0.2) is 0 Å². The molecule has 2 heterocycles. The number of alkyl carbamates (subject to hydrolysis) is 1. The molecule has 18 heavy (non-hydrogen) atoms. The van der Waals surface area contributed by atoms with Crippen molar-refractivity contribution in [3.05, 3.63) is 0 Å². The zero-order valence-electron chi connectivity index (χ0n) is 11.1. The second-order valence-electron chi connectivity index (χ2n) is 5.71. The monoisotopic (exact) mass is 256 g/mol. The van der Waals surface area contributed by atoms with Gasteiger partial charge < -0.3 is 19.7 Å². The van der Waals surface area contributed by atoms with Crippen LogP contribution in [-0.2, 0) is 9.47 Å². The maximum Gasteiger partial charge on any atom is 0.410 e. The number of nitrogens with zero attached hydrogens (tertiary/aromatic N) is 1. The van der Waals surface area contributed by atoms with Crippen molar-refractivity contribution in [3.8, 4) is 0 Å². The lowest BCUT2D eigenvalue weighted by molar-refractivity contribution is 0.00872. The third-order valence-electron chi connectivity index (χ3n) is 3.06. The molecule has 6 nitrogen and oxygen atoms in total. The zero-order valence-corrected chi connectivity index (χ0v) is 11.1. The van der Waals surface area contributed by atoms with Crippen LogP contribution in [0.25, 0.3) is 0 Å². The Labute approximate surface area is 107 Å². The maximum absolute atomic E-state index is 12.1. The molecule has 2 aliphatic heterocycles. The van der Waals surface area contributed by atoms with E-state index in [0.717, 1.165) is 12.8 Å². The number of likely N-dealkylation sites (tertiary alicyclic amines) is 1. The molecule has 102 valence electrons. The highest BCUT2D eigenvalue weighted by molar-refractivity contribution is 5.71. The third-order valence-corrected chi connectivity index (χ3v) is 3.06.